The summed E-state index contributed by atoms with van der Waals surface area (Å²) in [4.78, 5) is 15.3. The summed E-state index contributed by atoms with van der Waals surface area (Å²) < 4.78 is 4.67. The zero-order valence-corrected chi connectivity index (χ0v) is 30.3. The summed E-state index contributed by atoms with van der Waals surface area (Å²) in [6, 6.07) is 68.4. The van der Waals surface area contributed by atoms with Crippen molar-refractivity contribution in [2.24, 2.45) is 0 Å². The van der Waals surface area contributed by atoms with Gasteiger partial charge in [0, 0.05) is 50.1 Å². The topological polar surface area (TPSA) is 48.5 Å². The van der Waals surface area contributed by atoms with E-state index in [1.807, 2.05) is 30.5 Å². The Labute approximate surface area is 323 Å². The molecule has 0 atom stereocenters. The molecule has 5 nitrogen and oxygen atoms in total. The average molecular weight is 716 g/mol. The predicted octanol–water partition coefficient (Wildman–Crippen LogP) is 12.7. The number of aromatic nitrogens is 5. The monoisotopic (exact) mass is 715 g/mol. The highest BCUT2D eigenvalue weighted by Gasteiger charge is 2.25. The largest absolute Gasteiger partial charge is 0.309 e. The Morgan fingerprint density at radius 2 is 1.00 bits per heavy atom. The molecule has 7 aromatic carbocycles. The molecule has 11 rings (SSSR count). The molecule has 0 fully saturated rings. The maximum absolute atomic E-state index is 5.42. The standard InChI is InChI=1S/C51H33N5/c1-4-16-35(17-5-1)48-42-32-41-39-22-11-13-26-45(39)56(46(41)33-47(42)55(38-20-8-3-9-21-38)50(48)37-18-6-2-7-19-37)51-53-44-25-12-10-23-40(44)49(54-51)36-29-27-34(28-30-36)43-24-14-15-31-52-43/h1-33H. The third kappa shape index (κ3) is 5.13. The Morgan fingerprint density at radius 3 is 1.75 bits per heavy atom. The highest BCUT2D eigenvalue weighted by atomic mass is 15.2. The van der Waals surface area contributed by atoms with Gasteiger partial charge in [0.2, 0.25) is 5.95 Å². The number of para-hydroxylation sites is 3. The molecule has 0 saturated carbocycles. The molecule has 0 aliphatic heterocycles. The summed E-state index contributed by atoms with van der Waals surface area (Å²) in [7, 11) is 0. The SMILES string of the molecule is c1ccc(-c2c(-c3ccccc3)n(-c3ccccc3)c3cc4c(cc23)c2ccccc2n4-c2nc(-c3ccc(-c4ccccn4)cc3)c3ccccc3n2)cc1. The van der Waals surface area contributed by atoms with Crippen LogP contribution in [0.15, 0.2) is 200 Å². The fourth-order valence-corrected chi connectivity index (χ4v) is 8.29. The van der Waals surface area contributed by atoms with Gasteiger partial charge in [0.25, 0.3) is 0 Å². The minimum absolute atomic E-state index is 0.627. The molecular formula is C51H33N5. The van der Waals surface area contributed by atoms with Crippen LogP contribution in [0.25, 0.3) is 100 Å². The normalized spacial score (nSPS) is 11.6. The lowest BCUT2D eigenvalue weighted by Gasteiger charge is -2.14. The second-order valence-electron chi connectivity index (χ2n) is 14.0. The van der Waals surface area contributed by atoms with E-state index in [9.17, 15) is 0 Å². The highest BCUT2D eigenvalue weighted by Crippen LogP contribution is 2.46. The van der Waals surface area contributed by atoms with E-state index >= 15 is 0 Å². The zero-order valence-electron chi connectivity index (χ0n) is 30.3. The Morgan fingerprint density at radius 1 is 0.375 bits per heavy atom. The van der Waals surface area contributed by atoms with E-state index in [4.69, 9.17) is 9.97 Å². The molecule has 0 unspecified atom stereocenters. The van der Waals surface area contributed by atoms with Gasteiger partial charge in [-0.1, -0.05) is 146 Å². The first-order valence-corrected chi connectivity index (χ1v) is 18.9. The molecule has 0 aliphatic rings. The molecule has 0 spiro atoms. The third-order valence-electron chi connectivity index (χ3n) is 10.8. The Bertz CT molecular complexity index is 3200. The Kier molecular flexibility index (Phi) is 7.42. The molecule has 0 saturated heterocycles. The van der Waals surface area contributed by atoms with Crippen molar-refractivity contribution >= 4 is 43.6 Å². The summed E-state index contributed by atoms with van der Waals surface area (Å²) >= 11 is 0. The van der Waals surface area contributed by atoms with Gasteiger partial charge in [-0.05, 0) is 59.7 Å². The van der Waals surface area contributed by atoms with E-state index in [2.05, 4.69) is 184 Å². The van der Waals surface area contributed by atoms with Crippen molar-refractivity contribution in [1.82, 2.24) is 24.1 Å². The fraction of sp³-hybridized carbons (Fsp3) is 0. The number of pyridine rings is 1. The number of hydrogen-bond acceptors (Lipinski definition) is 3. The zero-order chi connectivity index (χ0) is 37.0. The first kappa shape index (κ1) is 31.9. The van der Waals surface area contributed by atoms with Crippen LogP contribution in [0.1, 0.15) is 0 Å². The van der Waals surface area contributed by atoms with Crippen LogP contribution in [0.5, 0.6) is 0 Å². The average Bonchev–Trinajstić information content (AvgIpc) is 3.79. The number of fused-ring (bicyclic) bond motifs is 5. The minimum Gasteiger partial charge on any atom is -0.309 e. The Balaban J connectivity index is 1.22. The molecule has 11 aromatic rings. The van der Waals surface area contributed by atoms with Crippen molar-refractivity contribution in [2.75, 3.05) is 0 Å². The van der Waals surface area contributed by atoms with E-state index in [0.29, 0.717) is 5.95 Å². The molecule has 0 N–H and O–H groups in total. The summed E-state index contributed by atoms with van der Waals surface area (Å²) in [6.07, 6.45) is 1.83. The van der Waals surface area contributed by atoms with Crippen LogP contribution < -0.4 is 0 Å². The lowest BCUT2D eigenvalue weighted by molar-refractivity contribution is 1.01. The van der Waals surface area contributed by atoms with E-state index in [-0.39, 0.29) is 0 Å². The van der Waals surface area contributed by atoms with Crippen LogP contribution >= 0.6 is 0 Å². The van der Waals surface area contributed by atoms with Gasteiger partial charge >= 0.3 is 0 Å². The quantitative estimate of drug-likeness (QED) is 0.172. The lowest BCUT2D eigenvalue weighted by atomic mass is 9.97. The molecule has 5 heteroatoms. The van der Waals surface area contributed by atoms with Gasteiger partial charge in [-0.25, -0.2) is 9.97 Å². The van der Waals surface area contributed by atoms with Gasteiger partial charge in [-0.2, -0.15) is 0 Å². The summed E-state index contributed by atoms with van der Waals surface area (Å²) in [6.45, 7) is 0. The molecule has 262 valence electrons. The number of benzene rings is 7. The first-order valence-electron chi connectivity index (χ1n) is 18.9. The van der Waals surface area contributed by atoms with Gasteiger partial charge in [0.15, 0.2) is 0 Å². The van der Waals surface area contributed by atoms with E-state index in [0.717, 1.165) is 77.7 Å². The fourth-order valence-electron chi connectivity index (χ4n) is 8.29. The number of hydrogen-bond donors (Lipinski definition) is 0. The van der Waals surface area contributed by atoms with Crippen LogP contribution in [-0.4, -0.2) is 24.1 Å². The van der Waals surface area contributed by atoms with Gasteiger partial charge in [0.1, 0.15) is 0 Å². The number of nitrogens with zero attached hydrogens (tertiary/aromatic N) is 5. The van der Waals surface area contributed by atoms with Crippen LogP contribution in [0, 0.1) is 0 Å². The van der Waals surface area contributed by atoms with Gasteiger partial charge in [-0.3, -0.25) is 9.55 Å². The number of rotatable bonds is 6. The maximum atomic E-state index is 5.42. The predicted molar refractivity (Wildman–Crippen MR) is 230 cm³/mol. The van der Waals surface area contributed by atoms with Crippen molar-refractivity contribution in [1.29, 1.82) is 0 Å². The molecule has 0 amide bonds. The summed E-state index contributed by atoms with van der Waals surface area (Å²) in [5.41, 5.74) is 13.8. The van der Waals surface area contributed by atoms with Crippen molar-refractivity contribution < 1.29 is 0 Å². The minimum atomic E-state index is 0.627. The van der Waals surface area contributed by atoms with Crippen molar-refractivity contribution in [3.63, 3.8) is 0 Å². The van der Waals surface area contributed by atoms with E-state index in [1.54, 1.807) is 0 Å². The molecule has 4 heterocycles. The van der Waals surface area contributed by atoms with Crippen LogP contribution in [0.4, 0.5) is 0 Å². The lowest BCUT2D eigenvalue weighted by Crippen LogP contribution is -2.03. The smallest absolute Gasteiger partial charge is 0.235 e. The highest BCUT2D eigenvalue weighted by molar-refractivity contribution is 6.17. The van der Waals surface area contributed by atoms with Gasteiger partial charge in [0.05, 0.1) is 39.1 Å². The van der Waals surface area contributed by atoms with E-state index < -0.39 is 0 Å². The second kappa shape index (κ2) is 13.0. The molecule has 0 radical (unpaired) electrons. The maximum Gasteiger partial charge on any atom is 0.235 e. The summed E-state index contributed by atoms with van der Waals surface area (Å²) in [5, 5.41) is 4.48. The van der Waals surface area contributed by atoms with Crippen LogP contribution in [0.3, 0.4) is 0 Å². The third-order valence-corrected chi connectivity index (χ3v) is 10.8. The van der Waals surface area contributed by atoms with E-state index in [1.165, 1.54) is 16.5 Å². The first-order chi connectivity index (χ1) is 27.8. The van der Waals surface area contributed by atoms with Crippen molar-refractivity contribution in [2.45, 2.75) is 0 Å². The second-order valence-corrected chi connectivity index (χ2v) is 14.0. The van der Waals surface area contributed by atoms with Gasteiger partial charge in [-0.15, -0.1) is 0 Å². The molecule has 0 bridgehead atoms. The molecule has 0 aliphatic carbocycles. The molecule has 56 heavy (non-hydrogen) atoms. The van der Waals surface area contributed by atoms with Crippen molar-refractivity contribution in [3.8, 4) is 56.5 Å². The summed E-state index contributed by atoms with van der Waals surface area (Å²) in [5.74, 6) is 0.627. The molecular weight excluding hydrogens is 683 g/mol. The van der Waals surface area contributed by atoms with Gasteiger partial charge < -0.3 is 4.57 Å². The van der Waals surface area contributed by atoms with Crippen molar-refractivity contribution in [3.05, 3.63) is 200 Å². The van der Waals surface area contributed by atoms with Crippen LogP contribution in [-0.2, 0) is 0 Å². The molecule has 4 aromatic heterocycles. The van der Waals surface area contributed by atoms with Crippen LogP contribution in [0.2, 0.25) is 0 Å². The Hall–Kier alpha value is -7.63.